The van der Waals surface area contributed by atoms with E-state index in [1.165, 1.54) is 13.0 Å². The summed E-state index contributed by atoms with van der Waals surface area (Å²) >= 11 is 0. The maximum Gasteiger partial charge on any atom is 0.290 e. The normalized spacial score (nSPS) is 10.3. The number of nitrogens with zero attached hydrogens (tertiary/aromatic N) is 2. The Kier molecular flexibility index (Phi) is 3.37. The highest BCUT2D eigenvalue weighted by Crippen LogP contribution is 2.26. The van der Waals surface area contributed by atoms with E-state index < -0.39 is 16.6 Å². The molecule has 0 atom stereocenters. The molecule has 0 fully saturated rings. The van der Waals surface area contributed by atoms with Crippen LogP contribution in [0.1, 0.15) is 5.56 Å². The van der Waals surface area contributed by atoms with E-state index in [1.54, 1.807) is 0 Å². The van der Waals surface area contributed by atoms with Crippen LogP contribution in [0.15, 0.2) is 30.5 Å². The van der Waals surface area contributed by atoms with Gasteiger partial charge in [0.05, 0.1) is 4.92 Å². The molecule has 7 heteroatoms. The molecule has 0 aliphatic carbocycles. The number of rotatable bonds is 3. The monoisotopic (exact) mass is 266 g/mol. The number of aromatic nitrogens is 1. The summed E-state index contributed by atoms with van der Waals surface area (Å²) < 4.78 is 31.3. The van der Waals surface area contributed by atoms with Gasteiger partial charge in [0.25, 0.3) is 5.69 Å². The lowest BCUT2D eigenvalue weighted by atomic mass is 10.2. The predicted molar refractivity (Wildman–Crippen MR) is 62.1 cm³/mol. The first-order valence-corrected chi connectivity index (χ1v) is 5.21. The quantitative estimate of drug-likeness (QED) is 0.631. The van der Waals surface area contributed by atoms with E-state index in [0.717, 1.165) is 24.4 Å². The molecule has 0 radical (unpaired) electrons. The second-order valence-corrected chi connectivity index (χ2v) is 3.74. The zero-order valence-electron chi connectivity index (χ0n) is 9.76. The largest absolute Gasteiger partial charge is 0.436 e. The first-order chi connectivity index (χ1) is 8.97. The molecule has 1 aromatic carbocycles. The maximum atomic E-state index is 13.3. The van der Waals surface area contributed by atoms with Crippen LogP contribution in [0.25, 0.3) is 0 Å². The molecule has 1 aromatic heterocycles. The van der Waals surface area contributed by atoms with Crippen LogP contribution >= 0.6 is 0 Å². The molecule has 0 saturated heterocycles. The third kappa shape index (κ3) is 2.82. The Hall–Kier alpha value is -2.57. The minimum Gasteiger partial charge on any atom is -0.436 e. The van der Waals surface area contributed by atoms with E-state index >= 15 is 0 Å². The smallest absolute Gasteiger partial charge is 0.290 e. The van der Waals surface area contributed by atoms with E-state index in [2.05, 4.69) is 4.98 Å². The molecule has 0 bridgehead atoms. The van der Waals surface area contributed by atoms with Crippen molar-refractivity contribution in [2.45, 2.75) is 6.92 Å². The number of pyridine rings is 1. The van der Waals surface area contributed by atoms with Crippen LogP contribution in [-0.2, 0) is 0 Å². The minimum atomic E-state index is -0.751. The van der Waals surface area contributed by atoms with Crippen molar-refractivity contribution in [2.75, 3.05) is 0 Å². The lowest BCUT2D eigenvalue weighted by Crippen LogP contribution is -1.96. The zero-order chi connectivity index (χ0) is 14.0. The average Bonchev–Trinajstić information content (AvgIpc) is 2.33. The number of hydrogen-bond donors (Lipinski definition) is 0. The van der Waals surface area contributed by atoms with Crippen molar-refractivity contribution in [3.05, 3.63) is 57.8 Å². The molecule has 2 rings (SSSR count). The van der Waals surface area contributed by atoms with E-state index in [4.69, 9.17) is 4.74 Å². The van der Waals surface area contributed by atoms with Gasteiger partial charge >= 0.3 is 0 Å². The Bertz CT molecular complexity index is 647. The Balaban J connectivity index is 2.31. The fraction of sp³-hybridized carbons (Fsp3) is 0.0833. The number of hydrogen-bond acceptors (Lipinski definition) is 4. The van der Waals surface area contributed by atoms with Crippen LogP contribution in [0.2, 0.25) is 0 Å². The van der Waals surface area contributed by atoms with Crippen molar-refractivity contribution >= 4 is 5.69 Å². The van der Waals surface area contributed by atoms with E-state index in [0.29, 0.717) is 5.56 Å². The summed E-state index contributed by atoms with van der Waals surface area (Å²) in [6.45, 7) is 1.49. The lowest BCUT2D eigenvalue weighted by Gasteiger charge is -2.06. The Morgan fingerprint density at radius 1 is 1.32 bits per heavy atom. The van der Waals surface area contributed by atoms with Crippen LogP contribution in [0.3, 0.4) is 0 Å². The predicted octanol–water partition coefficient (Wildman–Crippen LogP) is 3.37. The summed E-state index contributed by atoms with van der Waals surface area (Å²) in [7, 11) is 0. The lowest BCUT2D eigenvalue weighted by molar-refractivity contribution is -0.385. The van der Waals surface area contributed by atoms with Crippen molar-refractivity contribution in [3.8, 4) is 11.6 Å². The molecule has 1 heterocycles. The molecule has 98 valence electrons. The highest BCUT2D eigenvalue weighted by Gasteiger charge is 2.13. The van der Waals surface area contributed by atoms with Gasteiger partial charge in [-0.15, -0.1) is 0 Å². The van der Waals surface area contributed by atoms with Gasteiger partial charge in [0, 0.05) is 17.7 Å². The third-order valence-corrected chi connectivity index (χ3v) is 2.36. The molecule has 0 aliphatic rings. The molecule has 0 amide bonds. The van der Waals surface area contributed by atoms with Gasteiger partial charge in [-0.3, -0.25) is 10.1 Å². The van der Waals surface area contributed by atoms with Crippen LogP contribution in [0, 0.1) is 28.7 Å². The second kappa shape index (κ2) is 4.97. The zero-order valence-corrected chi connectivity index (χ0v) is 9.76. The molecule has 19 heavy (non-hydrogen) atoms. The number of nitro groups is 1. The molecule has 5 nitrogen and oxygen atoms in total. The molecule has 0 saturated carbocycles. The van der Waals surface area contributed by atoms with Gasteiger partial charge in [-0.05, 0) is 19.1 Å². The van der Waals surface area contributed by atoms with Crippen LogP contribution in [-0.4, -0.2) is 9.91 Å². The van der Waals surface area contributed by atoms with Crippen LogP contribution in [0.5, 0.6) is 11.6 Å². The van der Waals surface area contributed by atoms with Gasteiger partial charge in [0.15, 0.2) is 11.6 Å². The van der Waals surface area contributed by atoms with Crippen molar-refractivity contribution < 1.29 is 18.4 Å². The highest BCUT2D eigenvalue weighted by molar-refractivity contribution is 5.40. The molecular weight excluding hydrogens is 258 g/mol. The second-order valence-electron chi connectivity index (χ2n) is 3.74. The Morgan fingerprint density at radius 2 is 2.05 bits per heavy atom. The summed E-state index contributed by atoms with van der Waals surface area (Å²) in [5.74, 6) is -1.79. The Labute approximate surface area is 106 Å². The van der Waals surface area contributed by atoms with Gasteiger partial charge in [0.1, 0.15) is 12.0 Å². The van der Waals surface area contributed by atoms with Crippen molar-refractivity contribution in [3.63, 3.8) is 0 Å². The number of aryl methyl sites for hydroxylation is 1. The van der Waals surface area contributed by atoms with Crippen molar-refractivity contribution in [2.24, 2.45) is 0 Å². The molecule has 0 unspecified atom stereocenters. The summed E-state index contributed by atoms with van der Waals surface area (Å²) in [6, 6.07) is 4.02. The minimum absolute atomic E-state index is 0.0485. The topological polar surface area (TPSA) is 65.3 Å². The van der Waals surface area contributed by atoms with Gasteiger partial charge in [-0.1, -0.05) is 0 Å². The van der Waals surface area contributed by atoms with E-state index in [-0.39, 0.29) is 17.3 Å². The number of benzene rings is 1. The van der Waals surface area contributed by atoms with Gasteiger partial charge < -0.3 is 4.74 Å². The molecular formula is C12H8F2N2O3. The summed E-state index contributed by atoms with van der Waals surface area (Å²) in [5, 5.41) is 10.6. The van der Waals surface area contributed by atoms with Crippen LogP contribution < -0.4 is 4.74 Å². The van der Waals surface area contributed by atoms with Gasteiger partial charge in [-0.2, -0.15) is 0 Å². The van der Waals surface area contributed by atoms with Crippen molar-refractivity contribution in [1.82, 2.24) is 4.98 Å². The molecule has 0 N–H and O–H groups in total. The standard InChI is InChI=1S/C12H8F2N2O3/c1-7-4-12(15-6-10(7)16(17)18)19-11-5-8(13)2-3-9(11)14/h2-6H,1H3. The van der Waals surface area contributed by atoms with Crippen LogP contribution in [0.4, 0.5) is 14.5 Å². The average molecular weight is 266 g/mol. The fourth-order valence-electron chi connectivity index (χ4n) is 1.44. The first-order valence-electron chi connectivity index (χ1n) is 5.21. The van der Waals surface area contributed by atoms with E-state index in [1.807, 2.05) is 0 Å². The number of halogens is 2. The molecule has 0 spiro atoms. The van der Waals surface area contributed by atoms with E-state index in [9.17, 15) is 18.9 Å². The Morgan fingerprint density at radius 3 is 2.68 bits per heavy atom. The highest BCUT2D eigenvalue weighted by atomic mass is 19.1. The summed E-state index contributed by atoms with van der Waals surface area (Å²) in [5.41, 5.74) is 0.138. The first kappa shape index (κ1) is 12.9. The van der Waals surface area contributed by atoms with Gasteiger partial charge in [-0.25, -0.2) is 13.8 Å². The SMILES string of the molecule is Cc1cc(Oc2cc(F)ccc2F)ncc1[N+](=O)[O-]. The van der Waals surface area contributed by atoms with Gasteiger partial charge in [0.2, 0.25) is 5.88 Å². The number of ether oxygens (including phenoxy) is 1. The summed E-state index contributed by atoms with van der Waals surface area (Å²) in [6.07, 6.45) is 1.00. The maximum absolute atomic E-state index is 13.3. The molecule has 0 aliphatic heterocycles. The molecule has 2 aromatic rings. The van der Waals surface area contributed by atoms with Crippen molar-refractivity contribution in [1.29, 1.82) is 0 Å². The summed E-state index contributed by atoms with van der Waals surface area (Å²) in [4.78, 5) is 13.7. The third-order valence-electron chi connectivity index (χ3n) is 2.36. The fourth-order valence-corrected chi connectivity index (χ4v) is 1.44.